The lowest BCUT2D eigenvalue weighted by atomic mass is 9.95. The lowest BCUT2D eigenvalue weighted by molar-refractivity contribution is 0.0693. The highest BCUT2D eigenvalue weighted by Gasteiger charge is 2.18. The molecule has 5 aromatic rings. The van der Waals surface area contributed by atoms with Crippen molar-refractivity contribution >= 4 is 28.6 Å². The maximum absolute atomic E-state index is 12.5. The van der Waals surface area contributed by atoms with Gasteiger partial charge >= 0.3 is 5.97 Å². The van der Waals surface area contributed by atoms with Crippen molar-refractivity contribution in [2.75, 3.05) is 14.2 Å². The van der Waals surface area contributed by atoms with Crippen LogP contribution in [0.4, 0.5) is 0 Å². The van der Waals surface area contributed by atoms with Gasteiger partial charge in [0.1, 0.15) is 17.1 Å². The molecule has 8 nitrogen and oxygen atoms in total. The van der Waals surface area contributed by atoms with Crippen molar-refractivity contribution in [2.45, 2.75) is 13.0 Å². The van der Waals surface area contributed by atoms with Crippen LogP contribution in [0.15, 0.2) is 91.1 Å². The Morgan fingerprint density at radius 1 is 0.951 bits per heavy atom. The topological polar surface area (TPSA) is 130 Å². The zero-order valence-electron chi connectivity index (χ0n) is 22.8. The van der Waals surface area contributed by atoms with Gasteiger partial charge in [0, 0.05) is 41.8 Å². The van der Waals surface area contributed by atoms with E-state index in [1.165, 1.54) is 7.11 Å². The number of carbonyl (C=O) groups is 2. The van der Waals surface area contributed by atoms with Gasteiger partial charge in [0.05, 0.1) is 7.11 Å². The molecule has 8 heteroatoms. The molecule has 0 bridgehead atoms. The number of aromatic nitrogens is 1. The number of amides is 1. The highest BCUT2D eigenvalue weighted by molar-refractivity contribution is 6.00. The van der Waals surface area contributed by atoms with Crippen molar-refractivity contribution in [1.29, 1.82) is 5.41 Å². The van der Waals surface area contributed by atoms with E-state index in [0.29, 0.717) is 29.7 Å². The molecule has 0 aliphatic rings. The molecule has 1 amide bonds. The van der Waals surface area contributed by atoms with E-state index in [9.17, 15) is 14.7 Å². The van der Waals surface area contributed by atoms with E-state index in [1.807, 2.05) is 42.5 Å². The molecular formula is C33H30N4O4. The summed E-state index contributed by atoms with van der Waals surface area (Å²) in [6.07, 6.45) is 2.81. The van der Waals surface area contributed by atoms with Crippen molar-refractivity contribution in [3.05, 3.63) is 125 Å². The number of ether oxygens (including phenoxy) is 1. The number of hydrogen-bond acceptors (Lipinski definition) is 4. The number of rotatable bonds is 9. The molecule has 0 atom stereocenters. The first-order valence-electron chi connectivity index (χ1n) is 13.1. The van der Waals surface area contributed by atoms with E-state index in [1.54, 1.807) is 37.4 Å². The van der Waals surface area contributed by atoms with Crippen molar-refractivity contribution in [2.24, 2.45) is 5.73 Å². The van der Waals surface area contributed by atoms with Crippen LogP contribution in [0.2, 0.25) is 0 Å². The lowest BCUT2D eigenvalue weighted by Gasteiger charge is -2.15. The highest BCUT2D eigenvalue weighted by atomic mass is 16.5. The zero-order chi connectivity index (χ0) is 29.1. The summed E-state index contributed by atoms with van der Waals surface area (Å²) in [5, 5.41) is 21.4. The average molecular weight is 547 g/mol. The number of carboxylic acid groups (broad SMARTS) is 1. The van der Waals surface area contributed by atoms with Gasteiger partial charge in [0.2, 0.25) is 0 Å². The summed E-state index contributed by atoms with van der Waals surface area (Å²) in [5.41, 5.74) is 12.5. The second-order valence-corrected chi connectivity index (χ2v) is 9.76. The molecule has 0 saturated carbocycles. The first-order valence-corrected chi connectivity index (χ1v) is 13.1. The number of hydrogen-bond donors (Lipinski definition) is 4. The largest absolute Gasteiger partial charge is 0.496 e. The number of carboxylic acids is 1. The highest BCUT2D eigenvalue weighted by Crippen LogP contribution is 2.32. The molecular weight excluding hydrogens is 516 g/mol. The Bertz CT molecular complexity index is 1790. The second kappa shape index (κ2) is 11.4. The SMILES string of the molecule is CNC(=O)c1ccc(Cn2cc(Cc3ccccc3)c3cc(C(=N)N)ccc32)c(-c2ccc(OC)c(C(=O)O)c2)c1. The Hall–Kier alpha value is -5.37. The summed E-state index contributed by atoms with van der Waals surface area (Å²) in [5.74, 6) is -1.08. The number of aromatic carboxylic acids is 1. The summed E-state index contributed by atoms with van der Waals surface area (Å²) >= 11 is 0. The summed E-state index contributed by atoms with van der Waals surface area (Å²) in [4.78, 5) is 24.5. The normalized spacial score (nSPS) is 10.9. The third-order valence-corrected chi connectivity index (χ3v) is 7.19. The van der Waals surface area contributed by atoms with Crippen LogP contribution in [0.1, 0.15) is 43.0 Å². The molecule has 1 aromatic heterocycles. The molecule has 0 saturated heterocycles. The van der Waals surface area contributed by atoms with E-state index in [2.05, 4.69) is 28.2 Å². The quantitative estimate of drug-likeness (QED) is 0.147. The van der Waals surface area contributed by atoms with Gasteiger partial charge < -0.3 is 25.5 Å². The van der Waals surface area contributed by atoms with Crippen LogP contribution in [0, 0.1) is 5.41 Å². The lowest BCUT2D eigenvalue weighted by Crippen LogP contribution is -2.18. The van der Waals surface area contributed by atoms with Crippen LogP contribution in [0.3, 0.4) is 0 Å². The average Bonchev–Trinajstić information content (AvgIpc) is 3.32. The number of carbonyl (C=O) groups excluding carboxylic acids is 1. The first-order chi connectivity index (χ1) is 19.8. The molecule has 41 heavy (non-hydrogen) atoms. The minimum Gasteiger partial charge on any atom is -0.496 e. The van der Waals surface area contributed by atoms with Gasteiger partial charge in [-0.25, -0.2) is 4.79 Å². The van der Waals surface area contributed by atoms with Crippen molar-refractivity contribution in [3.8, 4) is 16.9 Å². The summed E-state index contributed by atoms with van der Waals surface area (Å²) in [7, 11) is 3.00. The van der Waals surface area contributed by atoms with Gasteiger partial charge in [-0.15, -0.1) is 0 Å². The predicted molar refractivity (Wildman–Crippen MR) is 160 cm³/mol. The Balaban J connectivity index is 1.65. The molecule has 0 radical (unpaired) electrons. The van der Waals surface area contributed by atoms with Crippen LogP contribution in [-0.2, 0) is 13.0 Å². The monoisotopic (exact) mass is 546 g/mol. The molecule has 5 rings (SSSR count). The smallest absolute Gasteiger partial charge is 0.339 e. The van der Waals surface area contributed by atoms with Gasteiger partial charge in [-0.1, -0.05) is 42.5 Å². The summed E-state index contributed by atoms with van der Waals surface area (Å²) < 4.78 is 7.39. The number of fused-ring (bicyclic) bond motifs is 1. The van der Waals surface area contributed by atoms with Gasteiger partial charge in [-0.3, -0.25) is 10.2 Å². The van der Waals surface area contributed by atoms with E-state index in [0.717, 1.165) is 33.2 Å². The number of benzene rings is 4. The molecule has 0 spiro atoms. The van der Waals surface area contributed by atoms with Gasteiger partial charge in [-0.05, 0) is 76.7 Å². The number of nitrogens with zero attached hydrogens (tertiary/aromatic N) is 1. The Morgan fingerprint density at radius 2 is 1.71 bits per heavy atom. The molecule has 0 fully saturated rings. The third-order valence-electron chi connectivity index (χ3n) is 7.19. The Labute approximate surface area is 237 Å². The number of nitrogen functional groups attached to an aromatic ring is 1. The van der Waals surface area contributed by atoms with Crippen LogP contribution >= 0.6 is 0 Å². The van der Waals surface area contributed by atoms with E-state index < -0.39 is 5.97 Å². The van der Waals surface area contributed by atoms with Crippen LogP contribution in [-0.4, -0.2) is 41.5 Å². The van der Waals surface area contributed by atoms with Gasteiger partial charge in [-0.2, -0.15) is 0 Å². The number of methoxy groups -OCH3 is 1. The molecule has 206 valence electrons. The number of nitrogens with one attached hydrogen (secondary N) is 2. The number of nitrogens with two attached hydrogens (primary N) is 1. The van der Waals surface area contributed by atoms with Crippen LogP contribution < -0.4 is 15.8 Å². The van der Waals surface area contributed by atoms with Crippen molar-refractivity contribution < 1.29 is 19.4 Å². The molecule has 4 aromatic carbocycles. The fourth-order valence-electron chi connectivity index (χ4n) is 5.12. The molecule has 1 heterocycles. The van der Waals surface area contributed by atoms with Gasteiger partial charge in [0.15, 0.2) is 0 Å². The van der Waals surface area contributed by atoms with Crippen LogP contribution in [0.5, 0.6) is 5.75 Å². The minimum atomic E-state index is -1.10. The van der Waals surface area contributed by atoms with Gasteiger partial charge in [0.25, 0.3) is 5.91 Å². The Morgan fingerprint density at radius 3 is 2.39 bits per heavy atom. The summed E-state index contributed by atoms with van der Waals surface area (Å²) in [6.45, 7) is 0.461. The standard InChI is InChI=1S/C33H30N4O4/c1-36-32(38)23-8-9-24(26(17-23)21-11-13-30(41-2)28(15-21)33(39)40)18-37-19-25(14-20-6-4-3-5-7-20)27-16-22(31(34)35)10-12-29(27)37/h3-13,15-17,19H,14,18H2,1-2H3,(H3,34,35)(H,36,38)(H,39,40). The minimum absolute atomic E-state index is 0.00567. The third kappa shape index (κ3) is 5.53. The van der Waals surface area contributed by atoms with E-state index in [-0.39, 0.29) is 23.1 Å². The molecule has 0 aliphatic heterocycles. The van der Waals surface area contributed by atoms with Crippen molar-refractivity contribution in [3.63, 3.8) is 0 Å². The predicted octanol–water partition coefficient (Wildman–Crippen LogP) is 5.30. The number of amidine groups is 1. The first kappa shape index (κ1) is 27.2. The Kier molecular flexibility index (Phi) is 7.56. The maximum atomic E-state index is 12.5. The molecule has 0 unspecified atom stereocenters. The molecule has 0 aliphatic carbocycles. The fraction of sp³-hybridized carbons (Fsp3) is 0.121. The maximum Gasteiger partial charge on any atom is 0.339 e. The van der Waals surface area contributed by atoms with E-state index >= 15 is 0 Å². The van der Waals surface area contributed by atoms with Crippen molar-refractivity contribution in [1.82, 2.24) is 9.88 Å². The summed E-state index contributed by atoms with van der Waals surface area (Å²) in [6, 6.07) is 26.4. The fourth-order valence-corrected chi connectivity index (χ4v) is 5.12. The molecule has 5 N–H and O–H groups in total. The zero-order valence-corrected chi connectivity index (χ0v) is 22.8. The van der Waals surface area contributed by atoms with Crippen LogP contribution in [0.25, 0.3) is 22.0 Å². The second-order valence-electron chi connectivity index (χ2n) is 9.76. The van der Waals surface area contributed by atoms with E-state index in [4.69, 9.17) is 15.9 Å².